The van der Waals surface area contributed by atoms with Gasteiger partial charge in [0.25, 0.3) is 0 Å². The molecule has 1 fully saturated rings. The Hall–Kier alpha value is -2.25. The van der Waals surface area contributed by atoms with Crippen LogP contribution in [0.15, 0.2) is 28.8 Å². The van der Waals surface area contributed by atoms with E-state index in [9.17, 15) is 4.79 Å². The summed E-state index contributed by atoms with van der Waals surface area (Å²) in [4.78, 5) is 19.0. The zero-order valence-corrected chi connectivity index (χ0v) is 17.7. The normalized spacial score (nSPS) is 17.2. The second-order valence-electron chi connectivity index (χ2n) is 8.04. The third-order valence-electron chi connectivity index (χ3n) is 5.44. The van der Waals surface area contributed by atoms with Crippen LogP contribution < -0.4 is 5.32 Å². The van der Waals surface area contributed by atoms with Crippen molar-refractivity contribution < 1.29 is 14.1 Å². The number of rotatable bonds is 10. The maximum atomic E-state index is 12.2. The van der Waals surface area contributed by atoms with Gasteiger partial charge in [0.1, 0.15) is 0 Å². The molecule has 7 nitrogen and oxygen atoms in total. The van der Waals surface area contributed by atoms with E-state index in [1.165, 1.54) is 5.56 Å². The highest BCUT2D eigenvalue weighted by Crippen LogP contribution is 2.21. The maximum absolute atomic E-state index is 12.2. The van der Waals surface area contributed by atoms with Crippen LogP contribution in [-0.4, -0.2) is 60.8 Å². The molecule has 1 aromatic carbocycles. The number of hydrogen-bond donors (Lipinski definition) is 1. The van der Waals surface area contributed by atoms with E-state index in [0.29, 0.717) is 36.4 Å². The minimum atomic E-state index is 0.0291. The van der Waals surface area contributed by atoms with Crippen molar-refractivity contribution in [2.75, 3.05) is 39.9 Å². The van der Waals surface area contributed by atoms with Gasteiger partial charge in [-0.1, -0.05) is 43.3 Å². The summed E-state index contributed by atoms with van der Waals surface area (Å²) in [6, 6.07) is 8.19. The minimum absolute atomic E-state index is 0.0291. The fourth-order valence-electron chi connectivity index (χ4n) is 3.56. The van der Waals surface area contributed by atoms with Crippen molar-refractivity contribution >= 4 is 5.91 Å². The van der Waals surface area contributed by atoms with Crippen LogP contribution in [-0.2, 0) is 16.0 Å². The summed E-state index contributed by atoms with van der Waals surface area (Å²) in [6.07, 6.45) is 1.92. The lowest BCUT2D eigenvalue weighted by atomic mass is 10.0. The molecule has 3 rings (SSSR count). The molecule has 0 spiro atoms. The highest BCUT2D eigenvalue weighted by atomic mass is 16.5. The van der Waals surface area contributed by atoms with Crippen molar-refractivity contribution in [2.45, 2.75) is 39.0 Å². The molecule has 2 aromatic rings. The topological polar surface area (TPSA) is 80.5 Å². The summed E-state index contributed by atoms with van der Waals surface area (Å²) < 4.78 is 10.4. The summed E-state index contributed by atoms with van der Waals surface area (Å²) in [6.45, 7) is 8.86. The molecule has 0 radical (unpaired) electrons. The molecular formula is C22H32N4O3. The van der Waals surface area contributed by atoms with Crippen LogP contribution in [0.4, 0.5) is 0 Å². The quantitative estimate of drug-likeness (QED) is 0.661. The van der Waals surface area contributed by atoms with Gasteiger partial charge in [-0.2, -0.15) is 4.98 Å². The lowest BCUT2D eigenvalue weighted by molar-refractivity contribution is -0.121. The van der Waals surface area contributed by atoms with E-state index in [0.717, 1.165) is 44.8 Å². The smallest absolute Gasteiger partial charge is 0.227 e. The standard InChI is InChI=1S/C22H32N4O3/c1-16(2)18-4-6-19(7-5-18)22-24-21(29-25-22)9-8-20(27)23-14-17-10-11-26(15-17)12-13-28-3/h4-7,16-17H,8-15H2,1-3H3,(H,23,27). The Morgan fingerprint density at radius 2 is 2.14 bits per heavy atom. The Labute approximate surface area is 172 Å². The maximum Gasteiger partial charge on any atom is 0.227 e. The molecule has 0 bridgehead atoms. The van der Waals surface area contributed by atoms with E-state index < -0.39 is 0 Å². The number of aryl methyl sites for hydroxylation is 1. The third kappa shape index (κ3) is 6.37. The summed E-state index contributed by atoms with van der Waals surface area (Å²) >= 11 is 0. The monoisotopic (exact) mass is 400 g/mol. The molecule has 1 amide bonds. The first-order valence-corrected chi connectivity index (χ1v) is 10.5. The van der Waals surface area contributed by atoms with E-state index in [4.69, 9.17) is 9.26 Å². The van der Waals surface area contributed by atoms with Crippen molar-refractivity contribution in [1.82, 2.24) is 20.4 Å². The van der Waals surface area contributed by atoms with Crippen molar-refractivity contribution in [1.29, 1.82) is 0 Å². The number of hydrogen-bond acceptors (Lipinski definition) is 6. The molecule has 1 N–H and O–H groups in total. The third-order valence-corrected chi connectivity index (χ3v) is 5.44. The number of nitrogens with one attached hydrogen (secondary N) is 1. The predicted molar refractivity (Wildman–Crippen MR) is 112 cm³/mol. The fraction of sp³-hybridized carbons (Fsp3) is 0.591. The van der Waals surface area contributed by atoms with E-state index in [1.54, 1.807) is 7.11 Å². The molecular weight excluding hydrogens is 368 g/mol. The molecule has 1 aromatic heterocycles. The zero-order chi connectivity index (χ0) is 20.6. The van der Waals surface area contributed by atoms with Crippen LogP contribution in [0, 0.1) is 5.92 Å². The molecule has 1 unspecified atom stereocenters. The van der Waals surface area contributed by atoms with Crippen LogP contribution >= 0.6 is 0 Å². The van der Waals surface area contributed by atoms with E-state index in [-0.39, 0.29) is 5.91 Å². The average Bonchev–Trinajstić information content (AvgIpc) is 3.39. The molecule has 7 heteroatoms. The van der Waals surface area contributed by atoms with Gasteiger partial charge in [0.15, 0.2) is 0 Å². The van der Waals surface area contributed by atoms with Gasteiger partial charge in [0, 0.05) is 45.1 Å². The Morgan fingerprint density at radius 1 is 1.34 bits per heavy atom. The number of carbonyl (C=O) groups excluding carboxylic acids is 1. The van der Waals surface area contributed by atoms with Crippen LogP contribution in [0.1, 0.15) is 44.1 Å². The Morgan fingerprint density at radius 3 is 2.86 bits per heavy atom. The highest BCUT2D eigenvalue weighted by molar-refractivity contribution is 5.76. The van der Waals surface area contributed by atoms with Crippen molar-refractivity contribution in [2.24, 2.45) is 5.92 Å². The second-order valence-corrected chi connectivity index (χ2v) is 8.04. The van der Waals surface area contributed by atoms with Crippen molar-refractivity contribution in [3.63, 3.8) is 0 Å². The molecule has 1 aliphatic heterocycles. The molecule has 1 saturated heterocycles. The number of aromatic nitrogens is 2. The van der Waals surface area contributed by atoms with Crippen molar-refractivity contribution in [3.05, 3.63) is 35.7 Å². The highest BCUT2D eigenvalue weighted by Gasteiger charge is 2.22. The SMILES string of the molecule is COCCN1CCC(CNC(=O)CCc2nc(-c3ccc(C(C)C)cc3)no2)C1. The Kier molecular flexibility index (Phi) is 7.77. The van der Waals surface area contributed by atoms with Gasteiger partial charge in [0.2, 0.25) is 17.6 Å². The number of likely N-dealkylation sites (tertiary alicyclic amines) is 1. The molecule has 2 heterocycles. The number of methoxy groups -OCH3 is 1. The van der Waals surface area contributed by atoms with Crippen LogP contribution in [0.5, 0.6) is 0 Å². The first-order chi connectivity index (χ1) is 14.0. The lowest BCUT2D eigenvalue weighted by Crippen LogP contribution is -2.31. The first kappa shape index (κ1) is 21.5. The molecule has 158 valence electrons. The Balaban J connectivity index is 1.40. The molecule has 29 heavy (non-hydrogen) atoms. The molecule has 0 aliphatic carbocycles. The van der Waals surface area contributed by atoms with Crippen LogP contribution in [0.2, 0.25) is 0 Å². The number of nitrogens with zero attached hydrogens (tertiary/aromatic N) is 3. The van der Waals surface area contributed by atoms with Gasteiger partial charge in [0.05, 0.1) is 6.61 Å². The van der Waals surface area contributed by atoms with Crippen LogP contribution in [0.25, 0.3) is 11.4 Å². The first-order valence-electron chi connectivity index (χ1n) is 10.5. The summed E-state index contributed by atoms with van der Waals surface area (Å²) in [7, 11) is 1.72. The van der Waals surface area contributed by atoms with Gasteiger partial charge < -0.3 is 19.5 Å². The zero-order valence-electron chi connectivity index (χ0n) is 17.7. The Bertz CT molecular complexity index is 773. The average molecular weight is 401 g/mol. The number of amides is 1. The number of benzene rings is 1. The summed E-state index contributed by atoms with van der Waals surface area (Å²) in [5, 5.41) is 7.09. The van der Waals surface area contributed by atoms with Crippen LogP contribution in [0.3, 0.4) is 0 Å². The minimum Gasteiger partial charge on any atom is -0.383 e. The second kappa shape index (κ2) is 10.5. The fourth-order valence-corrected chi connectivity index (χ4v) is 3.56. The van der Waals surface area contributed by atoms with E-state index in [2.05, 4.69) is 46.3 Å². The molecule has 1 atom stereocenters. The van der Waals surface area contributed by atoms with Crippen molar-refractivity contribution in [3.8, 4) is 11.4 Å². The predicted octanol–water partition coefficient (Wildman–Crippen LogP) is 2.88. The summed E-state index contributed by atoms with van der Waals surface area (Å²) in [5.74, 6) is 2.09. The van der Waals surface area contributed by atoms with Gasteiger partial charge in [-0.15, -0.1) is 0 Å². The lowest BCUT2D eigenvalue weighted by Gasteiger charge is -2.15. The number of ether oxygens (including phenoxy) is 1. The van der Waals surface area contributed by atoms with Gasteiger partial charge in [-0.25, -0.2) is 0 Å². The summed E-state index contributed by atoms with van der Waals surface area (Å²) in [5.41, 5.74) is 2.20. The van der Waals surface area contributed by atoms with Gasteiger partial charge in [-0.3, -0.25) is 4.79 Å². The van der Waals surface area contributed by atoms with E-state index in [1.807, 2.05) is 12.1 Å². The number of carbonyl (C=O) groups is 1. The molecule has 0 saturated carbocycles. The van der Waals surface area contributed by atoms with Gasteiger partial charge >= 0.3 is 0 Å². The molecule has 1 aliphatic rings. The van der Waals surface area contributed by atoms with E-state index >= 15 is 0 Å². The van der Waals surface area contributed by atoms with Gasteiger partial charge in [-0.05, 0) is 30.4 Å². The largest absolute Gasteiger partial charge is 0.383 e.